The van der Waals surface area contributed by atoms with Gasteiger partial charge in [0.1, 0.15) is 11.5 Å². The van der Waals surface area contributed by atoms with E-state index in [0.717, 1.165) is 17.1 Å². The summed E-state index contributed by atoms with van der Waals surface area (Å²) in [7, 11) is 0. The minimum Gasteiger partial charge on any atom is -0.457 e. The molecule has 2 aliphatic rings. The SMILES string of the molecule is CC1(c2ccccc2)c2ccccc2Oc2cc(-c3ccc4c(c3)C(C)(c3ccccc3)c3ccccc3-4)ccc21. The highest BCUT2D eigenvalue weighted by Gasteiger charge is 2.42. The summed E-state index contributed by atoms with van der Waals surface area (Å²) < 4.78 is 6.61. The highest BCUT2D eigenvalue weighted by molar-refractivity contribution is 5.86. The van der Waals surface area contributed by atoms with E-state index < -0.39 is 0 Å². The van der Waals surface area contributed by atoms with E-state index in [-0.39, 0.29) is 10.8 Å². The highest BCUT2D eigenvalue weighted by atomic mass is 16.5. The van der Waals surface area contributed by atoms with E-state index in [1.165, 1.54) is 50.1 Å². The van der Waals surface area contributed by atoms with Gasteiger partial charge in [-0.2, -0.15) is 0 Å². The van der Waals surface area contributed by atoms with Crippen LogP contribution in [-0.4, -0.2) is 0 Å². The first-order valence-corrected chi connectivity index (χ1v) is 14.4. The number of fused-ring (bicyclic) bond motifs is 5. The summed E-state index contributed by atoms with van der Waals surface area (Å²) in [6.45, 7) is 4.69. The zero-order chi connectivity index (χ0) is 27.6. The van der Waals surface area contributed by atoms with Gasteiger partial charge in [0.15, 0.2) is 0 Å². The smallest absolute Gasteiger partial charge is 0.132 e. The second-order valence-electron chi connectivity index (χ2n) is 11.6. The lowest BCUT2D eigenvalue weighted by molar-refractivity contribution is 0.427. The molecular weight excluding hydrogens is 496 g/mol. The van der Waals surface area contributed by atoms with Crippen molar-refractivity contribution in [3.63, 3.8) is 0 Å². The molecule has 1 nitrogen and oxygen atoms in total. The summed E-state index contributed by atoms with van der Waals surface area (Å²) in [5.41, 5.74) is 12.1. The molecule has 6 aromatic carbocycles. The summed E-state index contributed by atoms with van der Waals surface area (Å²) in [4.78, 5) is 0. The van der Waals surface area contributed by atoms with Crippen molar-refractivity contribution in [1.29, 1.82) is 0 Å². The zero-order valence-electron chi connectivity index (χ0n) is 23.3. The molecule has 0 N–H and O–H groups in total. The molecule has 1 heterocycles. The Bertz CT molecular complexity index is 1940. The molecule has 1 heteroatoms. The third kappa shape index (κ3) is 3.36. The molecule has 6 aromatic rings. The van der Waals surface area contributed by atoms with Crippen molar-refractivity contribution in [1.82, 2.24) is 0 Å². The third-order valence-electron chi connectivity index (χ3n) is 9.52. The van der Waals surface area contributed by atoms with Crippen LogP contribution in [0.2, 0.25) is 0 Å². The second kappa shape index (κ2) is 8.81. The van der Waals surface area contributed by atoms with Crippen LogP contribution in [0.25, 0.3) is 22.3 Å². The lowest BCUT2D eigenvalue weighted by Gasteiger charge is -2.38. The molecule has 0 aromatic heterocycles. The second-order valence-corrected chi connectivity index (χ2v) is 11.6. The van der Waals surface area contributed by atoms with E-state index in [2.05, 4.69) is 159 Å². The quantitative estimate of drug-likeness (QED) is 0.223. The Morgan fingerprint density at radius 1 is 0.390 bits per heavy atom. The maximum absolute atomic E-state index is 6.61. The molecule has 0 fully saturated rings. The molecule has 0 amide bonds. The van der Waals surface area contributed by atoms with Gasteiger partial charge in [-0.1, -0.05) is 127 Å². The molecule has 0 saturated carbocycles. The molecule has 2 atom stereocenters. The number of ether oxygens (including phenoxy) is 1. The van der Waals surface area contributed by atoms with Crippen LogP contribution in [0.4, 0.5) is 0 Å². The first-order valence-electron chi connectivity index (χ1n) is 14.4. The van der Waals surface area contributed by atoms with E-state index >= 15 is 0 Å². The average Bonchev–Trinajstić information content (AvgIpc) is 3.30. The molecule has 2 unspecified atom stereocenters. The van der Waals surface area contributed by atoms with Gasteiger partial charge in [-0.25, -0.2) is 0 Å². The van der Waals surface area contributed by atoms with Crippen LogP contribution < -0.4 is 4.74 Å². The number of hydrogen-bond acceptors (Lipinski definition) is 1. The third-order valence-corrected chi connectivity index (χ3v) is 9.52. The Hall–Kier alpha value is -4.88. The Morgan fingerprint density at radius 2 is 0.902 bits per heavy atom. The van der Waals surface area contributed by atoms with Crippen LogP contribution in [0.5, 0.6) is 11.5 Å². The van der Waals surface area contributed by atoms with Gasteiger partial charge in [0.05, 0.1) is 0 Å². The molecule has 0 spiro atoms. The molecule has 0 saturated heterocycles. The molecule has 8 rings (SSSR count). The molecule has 0 bridgehead atoms. The Balaban J connectivity index is 1.29. The van der Waals surface area contributed by atoms with Gasteiger partial charge in [0.25, 0.3) is 0 Å². The molecule has 196 valence electrons. The predicted molar refractivity (Wildman–Crippen MR) is 168 cm³/mol. The number of benzene rings is 6. The van der Waals surface area contributed by atoms with Crippen LogP contribution in [-0.2, 0) is 10.8 Å². The van der Waals surface area contributed by atoms with Crippen molar-refractivity contribution in [3.8, 4) is 33.8 Å². The summed E-state index contributed by atoms with van der Waals surface area (Å²) >= 11 is 0. The van der Waals surface area contributed by atoms with E-state index in [9.17, 15) is 0 Å². The molecule has 41 heavy (non-hydrogen) atoms. The van der Waals surface area contributed by atoms with Gasteiger partial charge in [-0.05, 0) is 76.6 Å². The Morgan fingerprint density at radius 3 is 1.63 bits per heavy atom. The van der Waals surface area contributed by atoms with Crippen LogP contribution in [0.1, 0.15) is 47.2 Å². The van der Waals surface area contributed by atoms with Gasteiger partial charge in [-0.15, -0.1) is 0 Å². The van der Waals surface area contributed by atoms with E-state index in [1.807, 2.05) is 0 Å². The van der Waals surface area contributed by atoms with Gasteiger partial charge < -0.3 is 4.74 Å². The highest BCUT2D eigenvalue weighted by Crippen LogP contribution is 2.54. The fraction of sp³-hybridized carbons (Fsp3) is 0.100. The van der Waals surface area contributed by atoms with Crippen molar-refractivity contribution < 1.29 is 4.74 Å². The normalized spacial score (nSPS) is 19.9. The Kier molecular flexibility index (Phi) is 5.15. The molecule has 0 radical (unpaired) electrons. The van der Waals surface area contributed by atoms with Crippen molar-refractivity contribution in [2.24, 2.45) is 0 Å². The lowest BCUT2D eigenvalue weighted by Crippen LogP contribution is -2.29. The van der Waals surface area contributed by atoms with E-state index in [4.69, 9.17) is 4.74 Å². The van der Waals surface area contributed by atoms with Crippen molar-refractivity contribution in [2.45, 2.75) is 24.7 Å². The maximum Gasteiger partial charge on any atom is 0.132 e. The molecule has 1 aliphatic heterocycles. The fourth-order valence-electron chi connectivity index (χ4n) is 7.27. The average molecular weight is 527 g/mol. The molecule has 1 aliphatic carbocycles. The van der Waals surface area contributed by atoms with Gasteiger partial charge in [0.2, 0.25) is 0 Å². The minimum atomic E-state index is -0.310. The van der Waals surface area contributed by atoms with Gasteiger partial charge in [0, 0.05) is 22.0 Å². The number of hydrogen-bond donors (Lipinski definition) is 0. The lowest BCUT2D eigenvalue weighted by atomic mass is 9.69. The Labute approximate surface area is 241 Å². The van der Waals surface area contributed by atoms with E-state index in [1.54, 1.807) is 0 Å². The number of rotatable bonds is 3. The summed E-state index contributed by atoms with van der Waals surface area (Å²) in [6, 6.07) is 52.7. The predicted octanol–water partition coefficient (Wildman–Crippen LogP) is 10.1. The van der Waals surface area contributed by atoms with E-state index in [0.29, 0.717) is 0 Å². The maximum atomic E-state index is 6.61. The zero-order valence-corrected chi connectivity index (χ0v) is 23.3. The van der Waals surface area contributed by atoms with Crippen LogP contribution in [0.3, 0.4) is 0 Å². The standard InChI is InChI=1S/C40H30O/c1-39(29-13-5-3-6-14-29)33-18-10-9-17-31(33)32-23-21-27(25-36(32)39)28-22-24-35-38(26-28)41-37-20-12-11-19-34(37)40(35,2)30-15-7-4-8-16-30/h3-26H,1-2H3. The number of para-hydroxylation sites is 1. The summed E-state index contributed by atoms with van der Waals surface area (Å²) in [5, 5.41) is 0. The fourth-order valence-corrected chi connectivity index (χ4v) is 7.27. The summed E-state index contributed by atoms with van der Waals surface area (Å²) in [6.07, 6.45) is 0. The molecular formula is C40H30O. The van der Waals surface area contributed by atoms with Crippen molar-refractivity contribution in [2.75, 3.05) is 0 Å². The van der Waals surface area contributed by atoms with Crippen LogP contribution in [0.15, 0.2) is 146 Å². The first-order chi connectivity index (χ1) is 20.1. The minimum absolute atomic E-state index is 0.223. The first kappa shape index (κ1) is 24.0. The monoisotopic (exact) mass is 526 g/mol. The van der Waals surface area contributed by atoms with Crippen molar-refractivity contribution >= 4 is 0 Å². The van der Waals surface area contributed by atoms with Crippen molar-refractivity contribution in [3.05, 3.63) is 179 Å². The van der Waals surface area contributed by atoms with Gasteiger partial charge >= 0.3 is 0 Å². The summed E-state index contributed by atoms with van der Waals surface area (Å²) in [5.74, 6) is 1.84. The van der Waals surface area contributed by atoms with Gasteiger partial charge in [-0.3, -0.25) is 0 Å². The topological polar surface area (TPSA) is 9.23 Å². The van der Waals surface area contributed by atoms with Crippen LogP contribution >= 0.6 is 0 Å². The van der Waals surface area contributed by atoms with Crippen LogP contribution in [0, 0.1) is 0 Å². The largest absolute Gasteiger partial charge is 0.457 e.